The van der Waals surface area contributed by atoms with Gasteiger partial charge in [0.15, 0.2) is 0 Å². The number of carbonyl (C=O) groups excluding carboxylic acids is 1. The van der Waals surface area contributed by atoms with Crippen molar-refractivity contribution in [1.29, 1.82) is 0 Å². The minimum Gasteiger partial charge on any atom is -0.478 e. The molecule has 0 saturated heterocycles. The van der Waals surface area contributed by atoms with Crippen LogP contribution in [0.3, 0.4) is 0 Å². The summed E-state index contributed by atoms with van der Waals surface area (Å²) in [6, 6.07) is 22.1. The van der Waals surface area contributed by atoms with E-state index in [1.807, 2.05) is 60.7 Å². The molecule has 0 spiro atoms. The first kappa shape index (κ1) is 20.6. The zero-order valence-corrected chi connectivity index (χ0v) is 16.5. The number of carboxylic acid groups (broad SMARTS) is 1. The average molecular weight is 410 g/mol. The molecule has 3 aromatic carbocycles. The highest BCUT2D eigenvalue weighted by molar-refractivity contribution is 6.31. The number of carboxylic acids is 1. The number of rotatable bonds is 7. The summed E-state index contributed by atoms with van der Waals surface area (Å²) in [6.45, 7) is 1.45. The predicted molar refractivity (Wildman–Crippen MR) is 112 cm³/mol. The Morgan fingerprint density at radius 1 is 1.00 bits per heavy atom. The number of halogens is 1. The van der Waals surface area contributed by atoms with Crippen LogP contribution in [0.4, 0.5) is 5.69 Å². The third-order valence-corrected chi connectivity index (χ3v) is 4.60. The van der Waals surface area contributed by atoms with Gasteiger partial charge < -0.3 is 15.2 Å². The van der Waals surface area contributed by atoms with Gasteiger partial charge in [-0.25, -0.2) is 4.79 Å². The monoisotopic (exact) mass is 409 g/mol. The van der Waals surface area contributed by atoms with E-state index >= 15 is 0 Å². The maximum absolute atomic E-state index is 12.5. The molecule has 0 heterocycles. The van der Waals surface area contributed by atoms with Crippen molar-refractivity contribution in [2.45, 2.75) is 13.0 Å². The molecule has 148 valence electrons. The zero-order chi connectivity index (χ0) is 20.8. The summed E-state index contributed by atoms with van der Waals surface area (Å²) < 4.78 is 5.93. The van der Waals surface area contributed by atoms with E-state index in [1.54, 1.807) is 13.0 Å². The van der Waals surface area contributed by atoms with Crippen molar-refractivity contribution in [1.82, 2.24) is 0 Å². The molecular formula is C23H20ClNO4. The van der Waals surface area contributed by atoms with Crippen molar-refractivity contribution in [3.63, 3.8) is 0 Å². The van der Waals surface area contributed by atoms with Crippen LogP contribution in [0.15, 0.2) is 72.8 Å². The van der Waals surface area contributed by atoms with Crippen LogP contribution in [-0.4, -0.2) is 23.6 Å². The van der Waals surface area contributed by atoms with Gasteiger partial charge >= 0.3 is 5.97 Å². The van der Waals surface area contributed by atoms with Crippen LogP contribution in [-0.2, 0) is 9.53 Å². The van der Waals surface area contributed by atoms with Gasteiger partial charge in [-0.3, -0.25) is 4.79 Å². The van der Waals surface area contributed by atoms with E-state index in [-0.39, 0.29) is 17.9 Å². The first-order valence-electron chi connectivity index (χ1n) is 9.00. The van der Waals surface area contributed by atoms with Gasteiger partial charge in [0.25, 0.3) is 0 Å². The summed E-state index contributed by atoms with van der Waals surface area (Å²) in [6.07, 6.45) is -0.423. The summed E-state index contributed by atoms with van der Waals surface area (Å²) in [5.74, 6) is -1.62. The second-order valence-electron chi connectivity index (χ2n) is 6.51. The molecule has 6 heteroatoms. The molecular weight excluding hydrogens is 390 g/mol. The SMILES string of the molecule is Cc1cc(Cl)cc(C(=O)O)c1NC(=O)COC(c1ccccc1)c1ccccc1. The molecule has 2 N–H and O–H groups in total. The quantitative estimate of drug-likeness (QED) is 0.569. The lowest BCUT2D eigenvalue weighted by Gasteiger charge is -2.19. The van der Waals surface area contributed by atoms with E-state index in [2.05, 4.69) is 5.32 Å². The zero-order valence-electron chi connectivity index (χ0n) is 15.8. The lowest BCUT2D eigenvalue weighted by Crippen LogP contribution is -2.22. The Morgan fingerprint density at radius 2 is 1.55 bits per heavy atom. The van der Waals surface area contributed by atoms with Crippen molar-refractivity contribution >= 4 is 29.2 Å². The second kappa shape index (κ2) is 9.37. The lowest BCUT2D eigenvalue weighted by atomic mass is 10.0. The van der Waals surface area contributed by atoms with Gasteiger partial charge in [-0.05, 0) is 35.7 Å². The van der Waals surface area contributed by atoms with Gasteiger partial charge in [0.1, 0.15) is 12.7 Å². The highest BCUT2D eigenvalue weighted by Gasteiger charge is 2.19. The minimum atomic E-state index is -1.17. The molecule has 3 aromatic rings. The number of hydrogen-bond acceptors (Lipinski definition) is 3. The molecule has 1 amide bonds. The first-order valence-corrected chi connectivity index (χ1v) is 9.38. The van der Waals surface area contributed by atoms with Gasteiger partial charge in [0.2, 0.25) is 5.91 Å². The molecule has 0 aliphatic heterocycles. The number of aromatic carboxylic acids is 1. The number of carbonyl (C=O) groups is 2. The highest BCUT2D eigenvalue weighted by atomic mass is 35.5. The summed E-state index contributed by atoms with van der Waals surface area (Å²) in [4.78, 5) is 24.0. The van der Waals surface area contributed by atoms with Crippen LogP contribution in [0, 0.1) is 6.92 Å². The summed E-state index contributed by atoms with van der Waals surface area (Å²) in [5, 5.41) is 12.3. The van der Waals surface area contributed by atoms with Gasteiger partial charge in [-0.15, -0.1) is 0 Å². The van der Waals surface area contributed by atoms with Crippen LogP contribution in [0.5, 0.6) is 0 Å². The highest BCUT2D eigenvalue weighted by Crippen LogP contribution is 2.27. The Kier molecular flexibility index (Phi) is 6.65. The molecule has 29 heavy (non-hydrogen) atoms. The molecule has 0 atom stereocenters. The third kappa shape index (κ3) is 5.22. The van der Waals surface area contributed by atoms with Crippen molar-refractivity contribution in [2.24, 2.45) is 0 Å². The van der Waals surface area contributed by atoms with Crippen LogP contribution >= 0.6 is 11.6 Å². The molecule has 0 aliphatic carbocycles. The fourth-order valence-electron chi connectivity index (χ4n) is 3.05. The molecule has 3 rings (SSSR count). The van der Waals surface area contributed by atoms with Crippen LogP contribution in [0.1, 0.15) is 33.2 Å². The number of ether oxygens (including phenoxy) is 1. The lowest BCUT2D eigenvalue weighted by molar-refractivity contribution is -0.121. The number of amides is 1. The molecule has 0 aliphatic rings. The van der Waals surface area contributed by atoms with Crippen molar-refractivity contribution in [2.75, 3.05) is 11.9 Å². The Balaban J connectivity index is 1.78. The second-order valence-corrected chi connectivity index (χ2v) is 6.95. The molecule has 0 radical (unpaired) electrons. The van der Waals surface area contributed by atoms with Crippen LogP contribution in [0.2, 0.25) is 5.02 Å². The van der Waals surface area contributed by atoms with E-state index in [1.165, 1.54) is 6.07 Å². The average Bonchev–Trinajstić information content (AvgIpc) is 2.71. The fraction of sp³-hybridized carbons (Fsp3) is 0.130. The van der Waals surface area contributed by atoms with Crippen molar-refractivity contribution in [3.8, 4) is 0 Å². The molecule has 5 nitrogen and oxygen atoms in total. The Labute approximate surface area is 173 Å². The minimum absolute atomic E-state index is 0.0639. The number of nitrogens with one attached hydrogen (secondary N) is 1. The van der Waals surface area contributed by atoms with E-state index in [9.17, 15) is 14.7 Å². The summed E-state index contributed by atoms with van der Waals surface area (Å²) in [7, 11) is 0. The number of hydrogen-bond donors (Lipinski definition) is 2. The first-order chi connectivity index (χ1) is 14.0. The van der Waals surface area contributed by atoms with E-state index < -0.39 is 18.0 Å². The van der Waals surface area contributed by atoms with Gasteiger partial charge in [0, 0.05) is 5.02 Å². The molecule has 0 aromatic heterocycles. The van der Waals surface area contributed by atoms with Gasteiger partial charge in [0.05, 0.1) is 11.3 Å². The molecule has 0 unspecified atom stereocenters. The summed E-state index contributed by atoms with van der Waals surface area (Å²) >= 11 is 5.94. The van der Waals surface area contributed by atoms with E-state index in [0.717, 1.165) is 11.1 Å². The van der Waals surface area contributed by atoms with E-state index in [0.29, 0.717) is 10.6 Å². The molecule has 0 fully saturated rings. The van der Waals surface area contributed by atoms with Crippen LogP contribution < -0.4 is 5.32 Å². The Morgan fingerprint density at radius 3 is 2.07 bits per heavy atom. The number of benzene rings is 3. The van der Waals surface area contributed by atoms with Gasteiger partial charge in [-0.2, -0.15) is 0 Å². The fourth-order valence-corrected chi connectivity index (χ4v) is 3.33. The topological polar surface area (TPSA) is 75.6 Å². The van der Waals surface area contributed by atoms with Crippen LogP contribution in [0.25, 0.3) is 0 Å². The molecule has 0 saturated carbocycles. The molecule has 0 bridgehead atoms. The summed E-state index contributed by atoms with van der Waals surface area (Å²) in [5.41, 5.74) is 2.55. The van der Waals surface area contributed by atoms with Crippen molar-refractivity contribution < 1.29 is 19.4 Å². The maximum Gasteiger partial charge on any atom is 0.337 e. The number of anilines is 1. The largest absolute Gasteiger partial charge is 0.478 e. The smallest absolute Gasteiger partial charge is 0.337 e. The van der Waals surface area contributed by atoms with E-state index in [4.69, 9.17) is 16.3 Å². The number of aryl methyl sites for hydroxylation is 1. The maximum atomic E-state index is 12.5. The van der Waals surface area contributed by atoms with Gasteiger partial charge in [-0.1, -0.05) is 72.3 Å². The third-order valence-electron chi connectivity index (χ3n) is 4.38. The van der Waals surface area contributed by atoms with Crippen molar-refractivity contribution in [3.05, 3.63) is 100 Å². The predicted octanol–water partition coefficient (Wildman–Crippen LogP) is 5.09. The normalized spacial score (nSPS) is 10.7. The standard InChI is InChI=1S/C23H20ClNO4/c1-15-12-18(24)13-19(23(27)28)21(15)25-20(26)14-29-22(16-8-4-2-5-9-16)17-10-6-3-7-11-17/h2-13,22H,14H2,1H3,(H,25,26)(H,27,28). The Hall–Kier alpha value is -3.15. The Bertz CT molecular complexity index is 967.